The molecule has 0 aliphatic rings. The van der Waals surface area contributed by atoms with Crippen LogP contribution in [-0.4, -0.2) is 35.7 Å². The molecule has 0 radical (unpaired) electrons. The van der Waals surface area contributed by atoms with Crippen LogP contribution in [0.1, 0.15) is 22.4 Å². The number of rotatable bonds is 8. The topological polar surface area (TPSA) is 140 Å². The predicted molar refractivity (Wildman–Crippen MR) is 98.7 cm³/mol. The fourth-order valence-corrected chi connectivity index (χ4v) is 2.31. The van der Waals surface area contributed by atoms with Crippen molar-refractivity contribution in [3.05, 3.63) is 62.8 Å². The average Bonchev–Trinajstić information content (AvgIpc) is 2.66. The first-order chi connectivity index (χ1) is 13.5. The van der Waals surface area contributed by atoms with Gasteiger partial charge in [-0.05, 0) is 19.1 Å². The summed E-state index contributed by atoms with van der Waals surface area (Å²) < 4.78 is 10.4. The number of carbonyl (C=O) groups is 1. The molecule has 1 aromatic carbocycles. The van der Waals surface area contributed by atoms with Gasteiger partial charge in [-0.3, -0.25) is 14.9 Å². The van der Waals surface area contributed by atoms with Gasteiger partial charge in [0, 0.05) is 24.4 Å². The summed E-state index contributed by atoms with van der Waals surface area (Å²) in [7, 11) is 1.50. The van der Waals surface area contributed by atoms with Gasteiger partial charge in [0.2, 0.25) is 5.88 Å². The van der Waals surface area contributed by atoms with Crippen molar-refractivity contribution >= 4 is 17.8 Å². The van der Waals surface area contributed by atoms with Crippen LogP contribution >= 0.6 is 0 Å². The SMILES string of the molecule is COCc1cc(C)nc(OCC(=O)N/N=C\c2ccccc2[N+](=O)[O-])c1C#N. The van der Waals surface area contributed by atoms with E-state index in [1.165, 1.54) is 31.5 Å². The normalized spacial score (nSPS) is 10.5. The summed E-state index contributed by atoms with van der Waals surface area (Å²) >= 11 is 0. The second-order valence-corrected chi connectivity index (χ2v) is 5.55. The minimum atomic E-state index is -0.615. The molecule has 0 saturated heterocycles. The van der Waals surface area contributed by atoms with Crippen LogP contribution < -0.4 is 10.2 Å². The summed E-state index contributed by atoms with van der Waals surface area (Å²) in [6.07, 6.45) is 1.17. The summed E-state index contributed by atoms with van der Waals surface area (Å²) in [5.74, 6) is -0.595. The van der Waals surface area contributed by atoms with Crippen molar-refractivity contribution in [1.29, 1.82) is 5.26 Å². The Bertz CT molecular complexity index is 952. The van der Waals surface area contributed by atoms with E-state index in [1.807, 2.05) is 6.07 Å². The fourth-order valence-electron chi connectivity index (χ4n) is 2.31. The number of aryl methyl sites for hydroxylation is 1. The van der Waals surface area contributed by atoms with E-state index in [0.29, 0.717) is 11.3 Å². The van der Waals surface area contributed by atoms with Gasteiger partial charge in [0.1, 0.15) is 11.6 Å². The molecular formula is C18H17N5O5. The molecule has 0 atom stereocenters. The molecule has 1 N–H and O–H groups in total. The first-order valence-corrected chi connectivity index (χ1v) is 8.04. The van der Waals surface area contributed by atoms with Crippen molar-refractivity contribution in [2.75, 3.05) is 13.7 Å². The molecule has 0 spiro atoms. The molecule has 1 aromatic heterocycles. The van der Waals surface area contributed by atoms with Gasteiger partial charge in [-0.25, -0.2) is 10.4 Å². The highest BCUT2D eigenvalue weighted by molar-refractivity contribution is 5.86. The highest BCUT2D eigenvalue weighted by Gasteiger charge is 2.14. The maximum absolute atomic E-state index is 11.9. The molecule has 1 heterocycles. The molecule has 0 fully saturated rings. The number of nitrogens with zero attached hydrogens (tertiary/aromatic N) is 4. The van der Waals surface area contributed by atoms with E-state index in [2.05, 4.69) is 15.5 Å². The Morgan fingerprint density at radius 3 is 2.89 bits per heavy atom. The smallest absolute Gasteiger partial charge is 0.278 e. The number of nitrogens with one attached hydrogen (secondary N) is 1. The molecule has 10 nitrogen and oxygen atoms in total. The number of hydrogen-bond acceptors (Lipinski definition) is 8. The number of hydrogen-bond donors (Lipinski definition) is 1. The number of ether oxygens (including phenoxy) is 2. The standard InChI is InChI=1S/C18H17N5O5/c1-12-7-14(10-27-2)15(8-19)18(21-12)28-11-17(24)22-20-9-13-5-3-4-6-16(13)23(25)26/h3-7,9H,10-11H2,1-2H3,(H,22,24)/b20-9-. The number of pyridine rings is 1. The van der Waals surface area contributed by atoms with Crippen LogP contribution in [0.25, 0.3) is 0 Å². The van der Waals surface area contributed by atoms with Crippen molar-refractivity contribution in [1.82, 2.24) is 10.4 Å². The van der Waals surface area contributed by atoms with Crippen molar-refractivity contribution < 1.29 is 19.2 Å². The van der Waals surface area contributed by atoms with Crippen molar-refractivity contribution in [3.8, 4) is 11.9 Å². The van der Waals surface area contributed by atoms with E-state index in [1.54, 1.807) is 19.1 Å². The van der Waals surface area contributed by atoms with Crippen molar-refractivity contribution in [2.24, 2.45) is 5.10 Å². The lowest BCUT2D eigenvalue weighted by Gasteiger charge is -2.10. The van der Waals surface area contributed by atoms with E-state index in [4.69, 9.17) is 9.47 Å². The maximum Gasteiger partial charge on any atom is 0.278 e. The minimum Gasteiger partial charge on any atom is -0.467 e. The molecule has 2 rings (SSSR count). The summed E-state index contributed by atoms with van der Waals surface area (Å²) in [6, 6.07) is 9.66. The lowest BCUT2D eigenvalue weighted by Crippen LogP contribution is -2.25. The third kappa shape index (κ3) is 5.33. The first-order valence-electron chi connectivity index (χ1n) is 8.04. The van der Waals surface area contributed by atoms with Gasteiger partial charge < -0.3 is 9.47 Å². The number of carbonyl (C=O) groups excluding carboxylic acids is 1. The van der Waals surface area contributed by atoms with Gasteiger partial charge in [-0.2, -0.15) is 10.4 Å². The van der Waals surface area contributed by atoms with Gasteiger partial charge in [-0.15, -0.1) is 0 Å². The van der Waals surface area contributed by atoms with Gasteiger partial charge in [0.15, 0.2) is 6.61 Å². The molecule has 10 heteroatoms. The van der Waals surface area contributed by atoms with Gasteiger partial charge >= 0.3 is 0 Å². The Morgan fingerprint density at radius 2 is 2.21 bits per heavy atom. The average molecular weight is 383 g/mol. The number of amides is 1. The van der Waals surface area contributed by atoms with Gasteiger partial charge in [0.05, 0.1) is 23.3 Å². The van der Waals surface area contributed by atoms with Crippen LogP contribution in [0.2, 0.25) is 0 Å². The molecule has 0 aliphatic heterocycles. The number of para-hydroxylation sites is 1. The highest BCUT2D eigenvalue weighted by atomic mass is 16.6. The number of hydrazone groups is 1. The molecule has 1 amide bonds. The predicted octanol–water partition coefficient (Wildman–Crippen LogP) is 1.85. The quantitative estimate of drug-likeness (QED) is 0.417. The highest BCUT2D eigenvalue weighted by Crippen LogP contribution is 2.21. The lowest BCUT2D eigenvalue weighted by molar-refractivity contribution is -0.385. The van der Waals surface area contributed by atoms with Crippen molar-refractivity contribution in [2.45, 2.75) is 13.5 Å². The largest absolute Gasteiger partial charge is 0.467 e. The monoisotopic (exact) mass is 383 g/mol. The molecule has 0 unspecified atom stereocenters. The fraction of sp³-hybridized carbons (Fsp3) is 0.222. The maximum atomic E-state index is 11.9. The number of nitro groups is 1. The Morgan fingerprint density at radius 1 is 1.46 bits per heavy atom. The Balaban J connectivity index is 2.02. The first kappa shape index (κ1) is 20.5. The van der Waals surface area contributed by atoms with E-state index in [9.17, 15) is 20.2 Å². The third-order valence-electron chi connectivity index (χ3n) is 3.47. The molecule has 28 heavy (non-hydrogen) atoms. The van der Waals surface area contributed by atoms with Crippen LogP contribution in [-0.2, 0) is 16.1 Å². The summed E-state index contributed by atoms with van der Waals surface area (Å²) in [6.45, 7) is 1.49. The zero-order chi connectivity index (χ0) is 20.5. The van der Waals surface area contributed by atoms with E-state index < -0.39 is 17.4 Å². The van der Waals surface area contributed by atoms with E-state index in [-0.39, 0.29) is 29.3 Å². The second-order valence-electron chi connectivity index (χ2n) is 5.55. The number of benzene rings is 1. The summed E-state index contributed by atoms with van der Waals surface area (Å²) in [4.78, 5) is 26.4. The molecular weight excluding hydrogens is 366 g/mol. The number of nitriles is 1. The van der Waals surface area contributed by atoms with Crippen LogP contribution in [0.5, 0.6) is 5.88 Å². The Hall–Kier alpha value is -3.84. The van der Waals surface area contributed by atoms with Crippen LogP contribution in [0.4, 0.5) is 5.69 Å². The van der Waals surface area contributed by atoms with Gasteiger partial charge in [0.25, 0.3) is 11.6 Å². The molecule has 0 bridgehead atoms. The lowest BCUT2D eigenvalue weighted by atomic mass is 10.1. The number of nitro benzene ring substituents is 1. The summed E-state index contributed by atoms with van der Waals surface area (Å²) in [5, 5.41) is 23.9. The second kappa shape index (κ2) is 9.75. The van der Waals surface area contributed by atoms with Crippen LogP contribution in [0, 0.1) is 28.4 Å². The van der Waals surface area contributed by atoms with E-state index in [0.717, 1.165) is 0 Å². The molecule has 144 valence electrons. The zero-order valence-corrected chi connectivity index (χ0v) is 15.2. The van der Waals surface area contributed by atoms with Crippen molar-refractivity contribution in [3.63, 3.8) is 0 Å². The number of methoxy groups -OCH3 is 1. The van der Waals surface area contributed by atoms with Gasteiger partial charge in [-0.1, -0.05) is 12.1 Å². The third-order valence-corrected chi connectivity index (χ3v) is 3.47. The Kier molecular flexibility index (Phi) is 7.13. The Labute approximate surface area is 160 Å². The minimum absolute atomic E-state index is 0.0207. The molecule has 2 aromatic rings. The number of aromatic nitrogens is 1. The molecule has 0 saturated carbocycles. The summed E-state index contributed by atoms with van der Waals surface area (Å²) in [5.41, 5.74) is 3.70. The van der Waals surface area contributed by atoms with E-state index >= 15 is 0 Å². The van der Waals surface area contributed by atoms with Crippen LogP contribution in [0.3, 0.4) is 0 Å². The van der Waals surface area contributed by atoms with Crippen LogP contribution in [0.15, 0.2) is 35.4 Å². The zero-order valence-electron chi connectivity index (χ0n) is 15.2. The molecule has 0 aliphatic carbocycles.